The van der Waals surface area contributed by atoms with Gasteiger partial charge in [-0.2, -0.15) is 0 Å². The highest BCUT2D eigenvalue weighted by atomic mass is 16.2. The maximum absolute atomic E-state index is 8.72. The Bertz CT molecular complexity index is 258. The van der Waals surface area contributed by atoms with Crippen molar-refractivity contribution < 1.29 is 5.11 Å². The van der Waals surface area contributed by atoms with E-state index in [1.807, 2.05) is 18.3 Å². The number of aliphatic hydroxyl groups is 1. The zero-order valence-electron chi connectivity index (χ0n) is 8.54. The zero-order chi connectivity index (χ0) is 9.90. The summed E-state index contributed by atoms with van der Waals surface area (Å²) in [6.45, 7) is 6.61. The Kier molecular flexibility index (Phi) is 3.04. The van der Waals surface area contributed by atoms with E-state index in [0.29, 0.717) is 6.42 Å². The van der Waals surface area contributed by atoms with E-state index in [4.69, 9.17) is 5.11 Å². The van der Waals surface area contributed by atoms with Gasteiger partial charge in [-0.05, 0) is 18.1 Å². The lowest BCUT2D eigenvalue weighted by Crippen LogP contribution is -2.13. The standard InChI is InChI=1S/C11H17NO/c1-11(2,3)10-5-4-9(6-7-13)8-12-10/h4-5,8,13H,6-7H2,1-3H3. The molecule has 0 atom stereocenters. The molecule has 0 aliphatic heterocycles. The van der Waals surface area contributed by atoms with Crippen LogP contribution in [0.1, 0.15) is 32.0 Å². The van der Waals surface area contributed by atoms with Crippen molar-refractivity contribution in [2.45, 2.75) is 32.6 Å². The molecule has 0 aliphatic carbocycles. The fraction of sp³-hybridized carbons (Fsp3) is 0.545. The Hall–Kier alpha value is -0.890. The fourth-order valence-corrected chi connectivity index (χ4v) is 1.15. The van der Waals surface area contributed by atoms with E-state index < -0.39 is 0 Å². The smallest absolute Gasteiger partial charge is 0.0472 e. The first-order valence-electron chi connectivity index (χ1n) is 4.60. The monoisotopic (exact) mass is 179 g/mol. The SMILES string of the molecule is CC(C)(C)c1ccc(CCO)cn1. The molecule has 0 unspecified atom stereocenters. The summed E-state index contributed by atoms with van der Waals surface area (Å²) in [6, 6.07) is 4.06. The van der Waals surface area contributed by atoms with Crippen molar-refractivity contribution in [3.63, 3.8) is 0 Å². The molecular formula is C11H17NO. The van der Waals surface area contributed by atoms with Gasteiger partial charge in [-0.1, -0.05) is 26.8 Å². The van der Waals surface area contributed by atoms with Gasteiger partial charge >= 0.3 is 0 Å². The van der Waals surface area contributed by atoms with Crippen molar-refractivity contribution in [2.24, 2.45) is 0 Å². The number of aliphatic hydroxyl groups excluding tert-OH is 1. The first-order chi connectivity index (χ1) is 6.04. The van der Waals surface area contributed by atoms with Crippen LogP contribution < -0.4 is 0 Å². The third-order valence-corrected chi connectivity index (χ3v) is 1.99. The van der Waals surface area contributed by atoms with E-state index in [9.17, 15) is 0 Å². The summed E-state index contributed by atoms with van der Waals surface area (Å²) in [6.07, 6.45) is 2.54. The van der Waals surface area contributed by atoms with E-state index in [-0.39, 0.29) is 12.0 Å². The van der Waals surface area contributed by atoms with Crippen LogP contribution in [-0.2, 0) is 11.8 Å². The van der Waals surface area contributed by atoms with Crippen LogP contribution in [0.25, 0.3) is 0 Å². The Morgan fingerprint density at radius 1 is 1.31 bits per heavy atom. The van der Waals surface area contributed by atoms with E-state index in [1.165, 1.54) is 0 Å². The van der Waals surface area contributed by atoms with Gasteiger partial charge in [-0.15, -0.1) is 0 Å². The van der Waals surface area contributed by atoms with Gasteiger partial charge in [-0.3, -0.25) is 4.98 Å². The molecule has 1 aromatic heterocycles. The van der Waals surface area contributed by atoms with E-state index >= 15 is 0 Å². The second-order valence-corrected chi connectivity index (χ2v) is 4.28. The number of nitrogens with zero attached hydrogens (tertiary/aromatic N) is 1. The summed E-state index contributed by atoms with van der Waals surface area (Å²) in [5.74, 6) is 0. The Labute approximate surface area is 79.6 Å². The van der Waals surface area contributed by atoms with Crippen LogP contribution in [0, 0.1) is 0 Å². The van der Waals surface area contributed by atoms with Crippen molar-refractivity contribution in [2.75, 3.05) is 6.61 Å². The quantitative estimate of drug-likeness (QED) is 0.752. The largest absolute Gasteiger partial charge is 0.396 e. The van der Waals surface area contributed by atoms with Crippen molar-refractivity contribution in [1.29, 1.82) is 0 Å². The van der Waals surface area contributed by atoms with Crippen LogP contribution >= 0.6 is 0 Å². The predicted molar refractivity (Wildman–Crippen MR) is 53.7 cm³/mol. The van der Waals surface area contributed by atoms with Gasteiger partial charge in [0.25, 0.3) is 0 Å². The predicted octanol–water partition coefficient (Wildman–Crippen LogP) is 1.91. The lowest BCUT2D eigenvalue weighted by Gasteiger charge is -2.17. The molecule has 0 saturated heterocycles. The zero-order valence-corrected chi connectivity index (χ0v) is 8.54. The summed E-state index contributed by atoms with van der Waals surface area (Å²) < 4.78 is 0. The number of aromatic nitrogens is 1. The van der Waals surface area contributed by atoms with Crippen molar-refractivity contribution in [1.82, 2.24) is 4.98 Å². The third kappa shape index (κ3) is 2.81. The first-order valence-corrected chi connectivity index (χ1v) is 4.60. The molecule has 0 aromatic carbocycles. The highest BCUT2D eigenvalue weighted by molar-refractivity contribution is 5.19. The summed E-state index contributed by atoms with van der Waals surface area (Å²) in [5.41, 5.74) is 2.29. The molecule has 0 aliphatic rings. The summed E-state index contributed by atoms with van der Waals surface area (Å²) >= 11 is 0. The van der Waals surface area contributed by atoms with Gasteiger partial charge < -0.3 is 5.11 Å². The molecule has 1 aromatic rings. The second-order valence-electron chi connectivity index (χ2n) is 4.28. The minimum absolute atomic E-state index is 0.109. The molecule has 1 rings (SSSR count). The lowest BCUT2D eigenvalue weighted by molar-refractivity contribution is 0.299. The summed E-state index contributed by atoms with van der Waals surface area (Å²) in [5, 5.41) is 8.72. The minimum atomic E-state index is 0.109. The molecule has 13 heavy (non-hydrogen) atoms. The highest BCUT2D eigenvalue weighted by Crippen LogP contribution is 2.19. The molecular weight excluding hydrogens is 162 g/mol. The average molecular weight is 179 g/mol. The molecule has 1 heterocycles. The Balaban J connectivity index is 2.81. The van der Waals surface area contributed by atoms with Crippen LogP contribution in [0.5, 0.6) is 0 Å². The third-order valence-electron chi connectivity index (χ3n) is 1.99. The minimum Gasteiger partial charge on any atom is -0.396 e. The molecule has 0 amide bonds. The van der Waals surface area contributed by atoms with Crippen molar-refractivity contribution >= 4 is 0 Å². The number of pyridine rings is 1. The molecule has 72 valence electrons. The van der Waals surface area contributed by atoms with Gasteiger partial charge in [-0.25, -0.2) is 0 Å². The summed E-state index contributed by atoms with van der Waals surface area (Å²) in [7, 11) is 0. The average Bonchev–Trinajstić information content (AvgIpc) is 2.04. The number of rotatable bonds is 2. The first kappa shape index (κ1) is 10.2. The molecule has 0 radical (unpaired) electrons. The normalized spacial score (nSPS) is 11.7. The highest BCUT2D eigenvalue weighted by Gasteiger charge is 2.14. The van der Waals surface area contributed by atoms with Gasteiger partial charge in [0.1, 0.15) is 0 Å². The van der Waals surface area contributed by atoms with Crippen molar-refractivity contribution in [3.05, 3.63) is 29.6 Å². The van der Waals surface area contributed by atoms with Gasteiger partial charge in [0.15, 0.2) is 0 Å². The molecule has 2 nitrogen and oxygen atoms in total. The second kappa shape index (κ2) is 3.88. The lowest BCUT2D eigenvalue weighted by atomic mass is 9.91. The number of hydrogen-bond acceptors (Lipinski definition) is 2. The maximum Gasteiger partial charge on any atom is 0.0472 e. The van der Waals surface area contributed by atoms with E-state index in [0.717, 1.165) is 11.3 Å². The molecule has 0 fully saturated rings. The van der Waals surface area contributed by atoms with Crippen LogP contribution in [0.15, 0.2) is 18.3 Å². The maximum atomic E-state index is 8.72. The molecule has 0 bridgehead atoms. The van der Waals surface area contributed by atoms with Crippen LogP contribution in [-0.4, -0.2) is 16.7 Å². The van der Waals surface area contributed by atoms with Crippen molar-refractivity contribution in [3.8, 4) is 0 Å². The molecule has 0 saturated carbocycles. The van der Waals surface area contributed by atoms with Crippen LogP contribution in [0.3, 0.4) is 0 Å². The summed E-state index contributed by atoms with van der Waals surface area (Å²) in [4.78, 5) is 4.36. The van der Waals surface area contributed by atoms with Crippen LogP contribution in [0.4, 0.5) is 0 Å². The Morgan fingerprint density at radius 2 is 2.00 bits per heavy atom. The van der Waals surface area contributed by atoms with Crippen LogP contribution in [0.2, 0.25) is 0 Å². The van der Waals surface area contributed by atoms with Gasteiger partial charge in [0.05, 0.1) is 0 Å². The van der Waals surface area contributed by atoms with E-state index in [2.05, 4.69) is 25.8 Å². The molecule has 2 heteroatoms. The van der Waals surface area contributed by atoms with Gasteiger partial charge in [0, 0.05) is 23.9 Å². The Morgan fingerprint density at radius 3 is 2.38 bits per heavy atom. The molecule has 0 spiro atoms. The molecule has 1 N–H and O–H groups in total. The fourth-order valence-electron chi connectivity index (χ4n) is 1.15. The van der Waals surface area contributed by atoms with Gasteiger partial charge in [0.2, 0.25) is 0 Å². The topological polar surface area (TPSA) is 33.1 Å². The van der Waals surface area contributed by atoms with E-state index in [1.54, 1.807) is 0 Å². The number of hydrogen-bond donors (Lipinski definition) is 1.